The van der Waals surface area contributed by atoms with Crippen LogP contribution in [0.5, 0.6) is 0 Å². The number of para-hydroxylation sites is 1. The van der Waals surface area contributed by atoms with Gasteiger partial charge in [-0.3, -0.25) is 4.98 Å². The van der Waals surface area contributed by atoms with Gasteiger partial charge in [0, 0.05) is 17.5 Å². The van der Waals surface area contributed by atoms with Gasteiger partial charge in [0.05, 0.1) is 15.4 Å². The van der Waals surface area contributed by atoms with Crippen molar-refractivity contribution in [2.45, 2.75) is 11.8 Å². The van der Waals surface area contributed by atoms with E-state index < -0.39 is 0 Å². The fourth-order valence-corrected chi connectivity index (χ4v) is 2.77. The smallest absolute Gasteiger partial charge is 0.137 e. The molecule has 1 aromatic heterocycles. The SMILES string of the molecule is Fc1cc(C(Cl)Cc2ccc3ccccc3n2)ccc1Br. The van der Waals surface area contributed by atoms with Crippen molar-refractivity contribution < 1.29 is 4.39 Å². The Kier molecular flexibility index (Phi) is 4.22. The van der Waals surface area contributed by atoms with E-state index in [1.807, 2.05) is 42.5 Å². The summed E-state index contributed by atoms with van der Waals surface area (Å²) in [7, 11) is 0. The van der Waals surface area contributed by atoms with Crippen LogP contribution in [0.15, 0.2) is 59.1 Å². The number of nitrogens with zero attached hydrogens (tertiary/aromatic N) is 1. The Balaban J connectivity index is 1.85. The van der Waals surface area contributed by atoms with Crippen molar-refractivity contribution in [2.75, 3.05) is 0 Å². The van der Waals surface area contributed by atoms with Crippen LogP contribution in [-0.2, 0) is 6.42 Å². The number of rotatable bonds is 3. The summed E-state index contributed by atoms with van der Waals surface area (Å²) >= 11 is 9.54. The molecular formula is C17H12BrClFN. The Hall–Kier alpha value is -1.45. The number of alkyl halides is 1. The van der Waals surface area contributed by atoms with Gasteiger partial charge in [0.25, 0.3) is 0 Å². The normalized spacial score (nSPS) is 12.5. The van der Waals surface area contributed by atoms with E-state index in [0.717, 1.165) is 22.2 Å². The number of pyridine rings is 1. The van der Waals surface area contributed by atoms with Gasteiger partial charge in [0.1, 0.15) is 5.82 Å². The largest absolute Gasteiger partial charge is 0.253 e. The van der Waals surface area contributed by atoms with E-state index in [9.17, 15) is 4.39 Å². The van der Waals surface area contributed by atoms with Gasteiger partial charge < -0.3 is 0 Å². The van der Waals surface area contributed by atoms with Gasteiger partial charge in [-0.2, -0.15) is 0 Å². The molecule has 0 bridgehead atoms. The fourth-order valence-electron chi connectivity index (χ4n) is 2.23. The fraction of sp³-hybridized carbons (Fsp3) is 0.118. The zero-order chi connectivity index (χ0) is 14.8. The summed E-state index contributed by atoms with van der Waals surface area (Å²) in [4.78, 5) is 4.59. The molecule has 0 saturated carbocycles. The molecule has 0 amide bonds. The number of halogens is 3. The molecule has 0 saturated heterocycles. The van der Waals surface area contributed by atoms with Gasteiger partial charge in [0.2, 0.25) is 0 Å². The second-order valence-electron chi connectivity index (χ2n) is 4.84. The maximum atomic E-state index is 13.6. The predicted molar refractivity (Wildman–Crippen MR) is 88.1 cm³/mol. The van der Waals surface area contributed by atoms with Crippen LogP contribution in [0, 0.1) is 5.82 Å². The van der Waals surface area contributed by atoms with Crippen molar-refractivity contribution in [1.29, 1.82) is 0 Å². The zero-order valence-electron chi connectivity index (χ0n) is 11.1. The average molecular weight is 365 g/mol. The van der Waals surface area contributed by atoms with Gasteiger partial charge in [-0.05, 0) is 45.8 Å². The Morgan fingerprint density at radius 2 is 1.90 bits per heavy atom. The van der Waals surface area contributed by atoms with Crippen LogP contribution in [-0.4, -0.2) is 4.98 Å². The summed E-state index contributed by atoms with van der Waals surface area (Å²) in [5.74, 6) is -0.301. The van der Waals surface area contributed by atoms with E-state index in [1.165, 1.54) is 6.07 Å². The molecule has 0 spiro atoms. The Morgan fingerprint density at radius 3 is 2.71 bits per heavy atom. The number of benzene rings is 2. The minimum Gasteiger partial charge on any atom is -0.253 e. The highest BCUT2D eigenvalue weighted by Crippen LogP contribution is 2.28. The molecule has 1 nitrogen and oxygen atoms in total. The topological polar surface area (TPSA) is 12.9 Å². The lowest BCUT2D eigenvalue weighted by molar-refractivity contribution is 0.618. The second-order valence-corrected chi connectivity index (χ2v) is 6.22. The van der Waals surface area contributed by atoms with Crippen molar-refractivity contribution in [1.82, 2.24) is 4.98 Å². The first-order valence-electron chi connectivity index (χ1n) is 6.57. The van der Waals surface area contributed by atoms with Gasteiger partial charge in [-0.25, -0.2) is 4.39 Å². The van der Waals surface area contributed by atoms with Gasteiger partial charge in [0.15, 0.2) is 0 Å². The third kappa shape index (κ3) is 3.25. The van der Waals surface area contributed by atoms with Crippen molar-refractivity contribution in [3.8, 4) is 0 Å². The van der Waals surface area contributed by atoms with E-state index in [1.54, 1.807) is 6.07 Å². The van der Waals surface area contributed by atoms with Crippen LogP contribution in [0.3, 0.4) is 0 Å². The summed E-state index contributed by atoms with van der Waals surface area (Å²) in [6, 6.07) is 16.9. The van der Waals surface area contributed by atoms with E-state index >= 15 is 0 Å². The molecule has 106 valence electrons. The summed E-state index contributed by atoms with van der Waals surface area (Å²) in [6.45, 7) is 0. The van der Waals surface area contributed by atoms with E-state index in [0.29, 0.717) is 10.9 Å². The molecule has 0 N–H and O–H groups in total. The number of hydrogen-bond donors (Lipinski definition) is 0. The quantitative estimate of drug-likeness (QED) is 0.547. The molecule has 3 aromatic rings. The predicted octanol–water partition coefficient (Wildman–Crippen LogP) is 5.66. The maximum Gasteiger partial charge on any atom is 0.137 e. The second kappa shape index (κ2) is 6.12. The monoisotopic (exact) mass is 363 g/mol. The van der Waals surface area contributed by atoms with Gasteiger partial charge >= 0.3 is 0 Å². The van der Waals surface area contributed by atoms with Crippen LogP contribution < -0.4 is 0 Å². The lowest BCUT2D eigenvalue weighted by Crippen LogP contribution is -1.99. The van der Waals surface area contributed by atoms with Crippen LogP contribution in [0.25, 0.3) is 10.9 Å². The first kappa shape index (κ1) is 14.5. The molecular weight excluding hydrogens is 353 g/mol. The Morgan fingerprint density at radius 1 is 1.10 bits per heavy atom. The average Bonchev–Trinajstić information content (AvgIpc) is 2.50. The standard InChI is InChI=1S/C17H12BrClFN/c18-14-8-6-12(9-16(14)20)15(19)10-13-7-5-11-3-1-2-4-17(11)21-13/h1-9,15H,10H2. The molecule has 0 fully saturated rings. The van der Waals surface area contributed by atoms with Crippen molar-refractivity contribution in [3.63, 3.8) is 0 Å². The van der Waals surface area contributed by atoms with Crippen molar-refractivity contribution >= 4 is 38.4 Å². The van der Waals surface area contributed by atoms with Crippen LogP contribution in [0.1, 0.15) is 16.6 Å². The highest BCUT2D eigenvalue weighted by Gasteiger charge is 2.12. The van der Waals surface area contributed by atoms with Crippen molar-refractivity contribution in [2.24, 2.45) is 0 Å². The minimum atomic E-state index is -0.304. The summed E-state index contributed by atoms with van der Waals surface area (Å²) < 4.78 is 14.0. The molecule has 2 aromatic carbocycles. The molecule has 3 rings (SSSR count). The van der Waals surface area contributed by atoms with Gasteiger partial charge in [-0.15, -0.1) is 11.6 Å². The molecule has 0 aliphatic carbocycles. The summed E-state index contributed by atoms with van der Waals surface area (Å²) in [5, 5.41) is 0.795. The third-order valence-electron chi connectivity index (χ3n) is 3.35. The van der Waals surface area contributed by atoms with E-state index in [-0.39, 0.29) is 11.2 Å². The summed E-state index contributed by atoms with van der Waals surface area (Å²) in [6.07, 6.45) is 0.563. The first-order chi connectivity index (χ1) is 10.1. The Bertz CT molecular complexity index is 791. The molecule has 0 aliphatic rings. The van der Waals surface area contributed by atoms with Crippen LogP contribution in [0.4, 0.5) is 4.39 Å². The van der Waals surface area contributed by atoms with E-state index in [2.05, 4.69) is 20.9 Å². The maximum absolute atomic E-state index is 13.6. The van der Waals surface area contributed by atoms with Crippen molar-refractivity contribution in [3.05, 3.63) is 76.1 Å². The van der Waals surface area contributed by atoms with Gasteiger partial charge in [-0.1, -0.05) is 30.3 Å². The number of hydrogen-bond acceptors (Lipinski definition) is 1. The Labute approximate surface area is 135 Å². The molecule has 1 heterocycles. The molecule has 1 unspecified atom stereocenters. The number of aromatic nitrogens is 1. The zero-order valence-corrected chi connectivity index (χ0v) is 13.4. The number of fused-ring (bicyclic) bond motifs is 1. The highest BCUT2D eigenvalue weighted by atomic mass is 79.9. The minimum absolute atomic E-state index is 0.301. The molecule has 0 radical (unpaired) electrons. The molecule has 4 heteroatoms. The lowest BCUT2D eigenvalue weighted by Gasteiger charge is -2.10. The highest BCUT2D eigenvalue weighted by molar-refractivity contribution is 9.10. The summed E-state index contributed by atoms with van der Waals surface area (Å²) in [5.41, 5.74) is 2.60. The van der Waals surface area contributed by atoms with Crippen LogP contribution in [0.2, 0.25) is 0 Å². The van der Waals surface area contributed by atoms with E-state index in [4.69, 9.17) is 11.6 Å². The molecule has 1 atom stereocenters. The molecule has 21 heavy (non-hydrogen) atoms. The first-order valence-corrected chi connectivity index (χ1v) is 7.80. The lowest BCUT2D eigenvalue weighted by atomic mass is 10.1. The molecule has 0 aliphatic heterocycles. The van der Waals surface area contributed by atoms with Crippen LogP contribution >= 0.6 is 27.5 Å². The third-order valence-corrected chi connectivity index (χ3v) is 4.40.